The Balaban J connectivity index is 1.85. The molecule has 122 valence electrons. The molecule has 0 unspecified atom stereocenters. The van der Waals surface area contributed by atoms with Crippen LogP contribution in [0.25, 0.3) is 0 Å². The maximum absolute atomic E-state index is 6.39. The van der Waals surface area contributed by atoms with Crippen molar-refractivity contribution >= 4 is 23.3 Å². The highest BCUT2D eigenvalue weighted by molar-refractivity contribution is 5.77. The van der Waals surface area contributed by atoms with E-state index in [9.17, 15) is 0 Å². The minimum absolute atomic E-state index is 0.303. The lowest BCUT2D eigenvalue weighted by molar-refractivity contribution is 0.311. The lowest BCUT2D eigenvalue weighted by Gasteiger charge is -2.36. The Labute approximate surface area is 131 Å². The standard InChI is InChI=1S/C14H26N8/c1-19-3-7-21(8-4-19)12-11(15)13(18-14(16)17-12)22-9-5-20(2)6-10-22/h3-10,15H2,1-2H3,(H2,16,17,18). The van der Waals surface area contributed by atoms with Gasteiger partial charge in [-0.05, 0) is 14.1 Å². The van der Waals surface area contributed by atoms with Gasteiger partial charge in [0, 0.05) is 52.4 Å². The Hall–Kier alpha value is -1.80. The summed E-state index contributed by atoms with van der Waals surface area (Å²) in [4.78, 5) is 17.8. The molecular weight excluding hydrogens is 280 g/mol. The van der Waals surface area contributed by atoms with Crippen LogP contribution in [0.5, 0.6) is 0 Å². The minimum Gasteiger partial charge on any atom is -0.393 e. The average molecular weight is 306 g/mol. The molecule has 2 aliphatic heterocycles. The van der Waals surface area contributed by atoms with Crippen LogP contribution >= 0.6 is 0 Å². The Morgan fingerprint density at radius 2 is 1.05 bits per heavy atom. The summed E-state index contributed by atoms with van der Waals surface area (Å²) in [5.41, 5.74) is 13.0. The molecule has 0 saturated carbocycles. The minimum atomic E-state index is 0.303. The predicted molar refractivity (Wildman–Crippen MR) is 90.3 cm³/mol. The fourth-order valence-electron chi connectivity index (χ4n) is 2.98. The van der Waals surface area contributed by atoms with Crippen LogP contribution in [0.1, 0.15) is 0 Å². The van der Waals surface area contributed by atoms with E-state index in [0.717, 1.165) is 64.0 Å². The van der Waals surface area contributed by atoms with Crippen molar-refractivity contribution in [1.82, 2.24) is 19.8 Å². The van der Waals surface area contributed by atoms with Crippen LogP contribution < -0.4 is 21.3 Å². The van der Waals surface area contributed by atoms with Crippen LogP contribution in [-0.4, -0.2) is 86.2 Å². The van der Waals surface area contributed by atoms with Crippen LogP contribution in [0.2, 0.25) is 0 Å². The van der Waals surface area contributed by atoms with Crippen molar-refractivity contribution in [2.75, 3.05) is 87.7 Å². The normalized spacial score (nSPS) is 21.4. The van der Waals surface area contributed by atoms with Crippen molar-refractivity contribution in [3.63, 3.8) is 0 Å². The summed E-state index contributed by atoms with van der Waals surface area (Å²) in [5.74, 6) is 1.88. The molecule has 1 aromatic rings. The highest BCUT2D eigenvalue weighted by Gasteiger charge is 2.24. The molecule has 2 aliphatic rings. The number of nitrogens with two attached hydrogens (primary N) is 2. The Bertz CT molecular complexity index is 475. The van der Waals surface area contributed by atoms with E-state index in [1.807, 2.05) is 0 Å². The maximum atomic E-state index is 6.39. The van der Waals surface area contributed by atoms with E-state index in [2.05, 4.69) is 43.7 Å². The predicted octanol–water partition coefficient (Wildman–Crippen LogP) is -0.855. The molecular formula is C14H26N8. The third-order valence-corrected chi connectivity index (χ3v) is 4.53. The van der Waals surface area contributed by atoms with Crippen LogP contribution in [-0.2, 0) is 0 Å². The number of likely N-dealkylation sites (N-methyl/N-ethyl adjacent to an activating group) is 2. The number of hydrogen-bond acceptors (Lipinski definition) is 8. The van der Waals surface area contributed by atoms with Crippen molar-refractivity contribution in [3.05, 3.63) is 0 Å². The average Bonchev–Trinajstić information content (AvgIpc) is 2.51. The SMILES string of the molecule is CN1CCN(c2nc(N)nc(N3CCN(C)CC3)c2N)CC1. The quantitative estimate of drug-likeness (QED) is 0.730. The summed E-state index contributed by atoms with van der Waals surface area (Å²) in [5, 5.41) is 0. The molecule has 22 heavy (non-hydrogen) atoms. The molecule has 0 aromatic carbocycles. The van der Waals surface area contributed by atoms with Gasteiger partial charge in [-0.25, -0.2) is 0 Å². The summed E-state index contributed by atoms with van der Waals surface area (Å²) in [6.07, 6.45) is 0. The third-order valence-electron chi connectivity index (χ3n) is 4.53. The Kier molecular flexibility index (Phi) is 4.21. The van der Waals surface area contributed by atoms with Crippen molar-refractivity contribution in [2.24, 2.45) is 0 Å². The number of hydrogen-bond donors (Lipinski definition) is 2. The second-order valence-electron chi connectivity index (χ2n) is 6.22. The molecule has 0 spiro atoms. The van der Waals surface area contributed by atoms with Gasteiger partial charge in [0.15, 0.2) is 11.6 Å². The molecule has 2 saturated heterocycles. The van der Waals surface area contributed by atoms with Crippen LogP contribution in [0, 0.1) is 0 Å². The molecule has 0 bridgehead atoms. The molecule has 8 nitrogen and oxygen atoms in total. The van der Waals surface area contributed by atoms with Gasteiger partial charge in [0.05, 0.1) is 0 Å². The first-order valence-electron chi connectivity index (χ1n) is 7.84. The summed E-state index contributed by atoms with van der Waals surface area (Å²) in [6, 6.07) is 0. The van der Waals surface area contributed by atoms with Crippen LogP contribution in [0.4, 0.5) is 23.3 Å². The van der Waals surface area contributed by atoms with Crippen LogP contribution in [0.15, 0.2) is 0 Å². The molecule has 4 N–H and O–H groups in total. The van der Waals surface area contributed by atoms with Crippen molar-refractivity contribution in [1.29, 1.82) is 0 Å². The van der Waals surface area contributed by atoms with E-state index in [0.29, 0.717) is 11.6 Å². The first kappa shape index (κ1) is 15.1. The van der Waals surface area contributed by atoms with Crippen molar-refractivity contribution in [3.8, 4) is 0 Å². The van der Waals surface area contributed by atoms with Gasteiger partial charge in [-0.2, -0.15) is 9.97 Å². The number of nitrogens with zero attached hydrogens (tertiary/aromatic N) is 6. The zero-order valence-electron chi connectivity index (χ0n) is 13.5. The second kappa shape index (κ2) is 6.13. The zero-order chi connectivity index (χ0) is 15.7. The van der Waals surface area contributed by atoms with Crippen molar-refractivity contribution < 1.29 is 0 Å². The largest absolute Gasteiger partial charge is 0.393 e. The highest BCUT2D eigenvalue weighted by atomic mass is 15.3. The lowest BCUT2D eigenvalue weighted by atomic mass is 10.2. The van der Waals surface area contributed by atoms with E-state index in [-0.39, 0.29) is 0 Å². The van der Waals surface area contributed by atoms with Crippen molar-refractivity contribution in [2.45, 2.75) is 0 Å². The number of anilines is 4. The molecule has 2 fully saturated rings. The molecule has 0 aliphatic carbocycles. The van der Waals surface area contributed by atoms with Gasteiger partial charge in [0.2, 0.25) is 5.95 Å². The summed E-state index contributed by atoms with van der Waals surface area (Å²) < 4.78 is 0. The Morgan fingerprint density at radius 1 is 0.682 bits per heavy atom. The summed E-state index contributed by atoms with van der Waals surface area (Å²) >= 11 is 0. The number of rotatable bonds is 2. The molecule has 3 rings (SSSR count). The fourth-order valence-corrected chi connectivity index (χ4v) is 2.98. The van der Waals surface area contributed by atoms with Gasteiger partial charge in [0.1, 0.15) is 5.69 Å². The fraction of sp³-hybridized carbons (Fsp3) is 0.714. The lowest BCUT2D eigenvalue weighted by Crippen LogP contribution is -2.46. The highest BCUT2D eigenvalue weighted by Crippen LogP contribution is 2.31. The van der Waals surface area contributed by atoms with E-state index in [4.69, 9.17) is 11.5 Å². The van der Waals surface area contributed by atoms with Crippen LogP contribution in [0.3, 0.4) is 0 Å². The molecule has 3 heterocycles. The monoisotopic (exact) mass is 306 g/mol. The van der Waals surface area contributed by atoms with Gasteiger partial charge in [-0.15, -0.1) is 0 Å². The molecule has 0 amide bonds. The van der Waals surface area contributed by atoms with Gasteiger partial charge >= 0.3 is 0 Å². The third kappa shape index (κ3) is 3.02. The van der Waals surface area contributed by atoms with E-state index >= 15 is 0 Å². The molecule has 1 aromatic heterocycles. The number of nitrogen functional groups attached to an aromatic ring is 2. The summed E-state index contributed by atoms with van der Waals surface area (Å²) in [6.45, 7) is 7.69. The first-order chi connectivity index (χ1) is 10.5. The first-order valence-corrected chi connectivity index (χ1v) is 7.84. The van der Waals surface area contributed by atoms with E-state index in [1.54, 1.807) is 0 Å². The van der Waals surface area contributed by atoms with Gasteiger partial charge in [0.25, 0.3) is 0 Å². The molecule has 0 atom stereocenters. The second-order valence-corrected chi connectivity index (χ2v) is 6.22. The molecule has 0 radical (unpaired) electrons. The zero-order valence-corrected chi connectivity index (χ0v) is 13.5. The smallest absolute Gasteiger partial charge is 0.224 e. The van der Waals surface area contributed by atoms with Gasteiger partial charge in [-0.3, -0.25) is 0 Å². The number of piperazine rings is 2. The van der Waals surface area contributed by atoms with E-state index in [1.165, 1.54) is 0 Å². The van der Waals surface area contributed by atoms with E-state index < -0.39 is 0 Å². The molecule has 8 heteroatoms. The van der Waals surface area contributed by atoms with Gasteiger partial charge < -0.3 is 31.1 Å². The topological polar surface area (TPSA) is 90.8 Å². The maximum Gasteiger partial charge on any atom is 0.224 e. The van der Waals surface area contributed by atoms with Gasteiger partial charge in [-0.1, -0.05) is 0 Å². The Morgan fingerprint density at radius 3 is 1.41 bits per heavy atom. The number of aromatic nitrogens is 2. The summed E-state index contributed by atoms with van der Waals surface area (Å²) in [7, 11) is 4.26.